The molecule has 4 heteroatoms. The summed E-state index contributed by atoms with van der Waals surface area (Å²) in [6.07, 6.45) is 1.92. The zero-order valence-corrected chi connectivity index (χ0v) is 8.42. The highest BCUT2D eigenvalue weighted by Gasteiger charge is 2.44. The van der Waals surface area contributed by atoms with Gasteiger partial charge in [-0.05, 0) is 19.1 Å². The Hall–Kier alpha value is -1.68. The van der Waals surface area contributed by atoms with Gasteiger partial charge in [0.2, 0.25) is 0 Å². The summed E-state index contributed by atoms with van der Waals surface area (Å²) in [6.45, 7) is 2.76. The average molecular weight is 201 g/mol. The number of aromatic nitrogens is 3. The number of epoxide rings is 1. The summed E-state index contributed by atoms with van der Waals surface area (Å²) in [5, 5.41) is 8.19. The Morgan fingerprint density at radius 3 is 2.73 bits per heavy atom. The number of ether oxygens (including phenoxy) is 1. The van der Waals surface area contributed by atoms with Crippen LogP contribution in [0, 0.1) is 0 Å². The molecule has 0 spiro atoms. The van der Waals surface area contributed by atoms with Crippen molar-refractivity contribution in [2.45, 2.75) is 12.5 Å². The first kappa shape index (κ1) is 8.61. The SMILES string of the molecule is CC1(c2cn(-c3ccccc3)nn2)CO1. The molecule has 1 aliphatic heterocycles. The highest BCUT2D eigenvalue weighted by Crippen LogP contribution is 2.36. The summed E-state index contributed by atoms with van der Waals surface area (Å²) >= 11 is 0. The van der Waals surface area contributed by atoms with E-state index < -0.39 is 0 Å². The van der Waals surface area contributed by atoms with Crippen LogP contribution in [0.3, 0.4) is 0 Å². The largest absolute Gasteiger partial charge is 0.363 e. The second-order valence-electron chi connectivity index (χ2n) is 3.90. The van der Waals surface area contributed by atoms with E-state index in [1.165, 1.54) is 0 Å². The fourth-order valence-corrected chi connectivity index (χ4v) is 1.47. The van der Waals surface area contributed by atoms with Crippen molar-refractivity contribution in [3.63, 3.8) is 0 Å². The summed E-state index contributed by atoms with van der Waals surface area (Å²) < 4.78 is 7.08. The molecular formula is C11H11N3O. The number of para-hydroxylation sites is 1. The van der Waals surface area contributed by atoms with E-state index in [-0.39, 0.29) is 5.60 Å². The van der Waals surface area contributed by atoms with Gasteiger partial charge in [-0.25, -0.2) is 4.68 Å². The number of hydrogen-bond donors (Lipinski definition) is 0. The molecule has 0 aliphatic carbocycles. The Morgan fingerprint density at radius 2 is 2.07 bits per heavy atom. The molecule has 4 nitrogen and oxygen atoms in total. The lowest BCUT2D eigenvalue weighted by molar-refractivity contribution is 0.323. The van der Waals surface area contributed by atoms with Gasteiger partial charge in [-0.15, -0.1) is 5.10 Å². The first-order chi connectivity index (χ1) is 7.28. The van der Waals surface area contributed by atoms with Crippen molar-refractivity contribution < 1.29 is 4.74 Å². The molecule has 0 saturated carbocycles. The molecule has 1 fully saturated rings. The van der Waals surface area contributed by atoms with Gasteiger partial charge in [0.05, 0.1) is 18.5 Å². The lowest BCUT2D eigenvalue weighted by Gasteiger charge is -1.98. The van der Waals surface area contributed by atoms with Gasteiger partial charge in [0.1, 0.15) is 11.3 Å². The van der Waals surface area contributed by atoms with Gasteiger partial charge in [0, 0.05) is 0 Å². The number of rotatable bonds is 2. The predicted molar refractivity (Wildman–Crippen MR) is 54.7 cm³/mol. The third-order valence-electron chi connectivity index (χ3n) is 2.63. The summed E-state index contributed by atoms with van der Waals surface area (Å²) in [6, 6.07) is 9.92. The molecule has 2 heterocycles. The summed E-state index contributed by atoms with van der Waals surface area (Å²) in [5.41, 5.74) is 1.71. The summed E-state index contributed by atoms with van der Waals surface area (Å²) in [4.78, 5) is 0. The van der Waals surface area contributed by atoms with Crippen molar-refractivity contribution in [3.8, 4) is 5.69 Å². The van der Waals surface area contributed by atoms with Gasteiger partial charge >= 0.3 is 0 Å². The third kappa shape index (κ3) is 1.43. The van der Waals surface area contributed by atoms with Crippen LogP contribution in [0.5, 0.6) is 0 Å². The third-order valence-corrected chi connectivity index (χ3v) is 2.63. The van der Waals surface area contributed by atoms with Crippen LogP contribution in [0.1, 0.15) is 12.6 Å². The number of nitrogens with zero attached hydrogens (tertiary/aromatic N) is 3. The molecule has 1 aromatic carbocycles. The Bertz CT molecular complexity index is 474. The van der Waals surface area contributed by atoms with Crippen molar-refractivity contribution in [2.75, 3.05) is 6.61 Å². The van der Waals surface area contributed by atoms with Crippen LogP contribution in [0.15, 0.2) is 36.5 Å². The van der Waals surface area contributed by atoms with Crippen LogP contribution in [0.2, 0.25) is 0 Å². The van der Waals surface area contributed by atoms with E-state index >= 15 is 0 Å². The fraction of sp³-hybridized carbons (Fsp3) is 0.273. The Labute approximate surface area is 87.5 Å². The molecule has 0 N–H and O–H groups in total. The molecule has 1 aromatic heterocycles. The van der Waals surface area contributed by atoms with Crippen LogP contribution in [0.4, 0.5) is 0 Å². The predicted octanol–water partition coefficient (Wildman–Crippen LogP) is 1.51. The van der Waals surface area contributed by atoms with Crippen molar-refractivity contribution in [1.82, 2.24) is 15.0 Å². The second-order valence-corrected chi connectivity index (χ2v) is 3.90. The average Bonchev–Trinajstić information content (AvgIpc) is 2.85. The van der Waals surface area contributed by atoms with Crippen molar-refractivity contribution in [1.29, 1.82) is 0 Å². The molecule has 0 bridgehead atoms. The fourth-order valence-electron chi connectivity index (χ4n) is 1.47. The van der Waals surface area contributed by atoms with E-state index in [9.17, 15) is 0 Å². The smallest absolute Gasteiger partial charge is 0.134 e. The van der Waals surface area contributed by atoms with E-state index in [0.29, 0.717) is 0 Å². The van der Waals surface area contributed by atoms with Crippen LogP contribution in [-0.2, 0) is 10.3 Å². The van der Waals surface area contributed by atoms with Crippen LogP contribution in [-0.4, -0.2) is 21.6 Å². The van der Waals surface area contributed by atoms with E-state index in [2.05, 4.69) is 10.3 Å². The zero-order valence-electron chi connectivity index (χ0n) is 8.42. The van der Waals surface area contributed by atoms with Gasteiger partial charge in [0.25, 0.3) is 0 Å². The maximum atomic E-state index is 5.32. The molecular weight excluding hydrogens is 190 g/mol. The van der Waals surface area contributed by atoms with Crippen LogP contribution < -0.4 is 0 Å². The molecule has 2 aromatic rings. The first-order valence-electron chi connectivity index (χ1n) is 4.90. The normalized spacial score (nSPS) is 24.1. The van der Waals surface area contributed by atoms with E-state index in [0.717, 1.165) is 18.0 Å². The number of hydrogen-bond acceptors (Lipinski definition) is 3. The maximum Gasteiger partial charge on any atom is 0.134 e. The monoisotopic (exact) mass is 201 g/mol. The lowest BCUT2D eigenvalue weighted by Crippen LogP contribution is -2.01. The quantitative estimate of drug-likeness (QED) is 0.692. The van der Waals surface area contributed by atoms with Gasteiger partial charge < -0.3 is 4.74 Å². The first-order valence-corrected chi connectivity index (χ1v) is 4.90. The van der Waals surface area contributed by atoms with E-state index in [1.807, 2.05) is 43.5 Å². The topological polar surface area (TPSA) is 43.2 Å². The molecule has 3 rings (SSSR count). The maximum absolute atomic E-state index is 5.32. The minimum Gasteiger partial charge on any atom is -0.363 e. The van der Waals surface area contributed by atoms with Crippen molar-refractivity contribution in [3.05, 3.63) is 42.2 Å². The second kappa shape index (κ2) is 2.90. The summed E-state index contributed by atoms with van der Waals surface area (Å²) in [7, 11) is 0. The molecule has 0 amide bonds. The minimum absolute atomic E-state index is 0.201. The standard InChI is InChI=1S/C11H11N3O/c1-11(8-15-11)10-7-14(13-12-10)9-5-3-2-4-6-9/h2-7H,8H2,1H3. The van der Waals surface area contributed by atoms with Gasteiger partial charge in [-0.3, -0.25) is 0 Å². The van der Waals surface area contributed by atoms with Crippen LogP contribution >= 0.6 is 0 Å². The summed E-state index contributed by atoms with van der Waals surface area (Å²) in [5.74, 6) is 0. The Kier molecular flexibility index (Phi) is 1.67. The number of benzene rings is 1. The zero-order chi connectivity index (χ0) is 10.3. The molecule has 0 radical (unpaired) electrons. The molecule has 15 heavy (non-hydrogen) atoms. The molecule has 1 atom stereocenters. The highest BCUT2D eigenvalue weighted by molar-refractivity contribution is 5.30. The Balaban J connectivity index is 1.97. The van der Waals surface area contributed by atoms with E-state index in [4.69, 9.17) is 4.74 Å². The molecule has 1 saturated heterocycles. The molecule has 1 unspecified atom stereocenters. The van der Waals surface area contributed by atoms with Gasteiger partial charge in [-0.1, -0.05) is 23.4 Å². The molecule has 1 aliphatic rings. The highest BCUT2D eigenvalue weighted by atomic mass is 16.6. The van der Waals surface area contributed by atoms with Crippen LogP contribution in [0.25, 0.3) is 5.69 Å². The van der Waals surface area contributed by atoms with Crippen molar-refractivity contribution in [2.24, 2.45) is 0 Å². The Morgan fingerprint density at radius 1 is 1.33 bits per heavy atom. The van der Waals surface area contributed by atoms with Crippen molar-refractivity contribution >= 4 is 0 Å². The molecule has 76 valence electrons. The minimum atomic E-state index is -0.201. The van der Waals surface area contributed by atoms with E-state index in [1.54, 1.807) is 4.68 Å². The van der Waals surface area contributed by atoms with Gasteiger partial charge in [0.15, 0.2) is 0 Å². The van der Waals surface area contributed by atoms with Gasteiger partial charge in [-0.2, -0.15) is 0 Å². The lowest BCUT2D eigenvalue weighted by atomic mass is 10.1.